The van der Waals surface area contributed by atoms with E-state index in [0.717, 1.165) is 0 Å². The van der Waals surface area contributed by atoms with Crippen molar-refractivity contribution in [3.63, 3.8) is 0 Å². The van der Waals surface area contributed by atoms with Crippen molar-refractivity contribution in [1.29, 1.82) is 0 Å². The molecule has 0 radical (unpaired) electrons. The molecule has 76 valence electrons. The maximum atomic E-state index is 11.6. The number of aromatic nitrogens is 3. The maximum absolute atomic E-state index is 11.6. The van der Waals surface area contributed by atoms with Crippen LogP contribution in [0, 0.1) is 0 Å². The van der Waals surface area contributed by atoms with Gasteiger partial charge >= 0.3 is 0 Å². The fourth-order valence-corrected chi connectivity index (χ4v) is 1.43. The van der Waals surface area contributed by atoms with Crippen molar-refractivity contribution < 1.29 is 4.79 Å². The molecular weight excluding hydrogens is 214 g/mol. The number of hydrogen-bond acceptors (Lipinski definition) is 6. The van der Waals surface area contributed by atoms with E-state index in [-0.39, 0.29) is 11.6 Å². The summed E-state index contributed by atoms with van der Waals surface area (Å²) in [7, 11) is 0. The highest BCUT2D eigenvalue weighted by Crippen LogP contribution is 2.12. The molecule has 2 aromatic heterocycles. The lowest BCUT2D eigenvalue weighted by Crippen LogP contribution is -2.15. The average molecular weight is 221 g/mol. The summed E-state index contributed by atoms with van der Waals surface area (Å²) >= 11 is 1.23. The van der Waals surface area contributed by atoms with Crippen molar-refractivity contribution >= 4 is 28.1 Å². The van der Waals surface area contributed by atoms with Crippen LogP contribution in [0.5, 0.6) is 0 Å². The fourth-order valence-electron chi connectivity index (χ4n) is 0.991. The van der Waals surface area contributed by atoms with Crippen molar-refractivity contribution in [2.24, 2.45) is 0 Å². The largest absolute Gasteiger partial charge is 0.397 e. The molecule has 0 fully saturated rings. The summed E-state index contributed by atoms with van der Waals surface area (Å²) < 4.78 is 0. The normalized spacial score (nSPS) is 9.87. The second-order valence-electron chi connectivity index (χ2n) is 2.64. The minimum absolute atomic E-state index is 0.188. The predicted molar refractivity (Wildman–Crippen MR) is 56.5 cm³/mol. The Morgan fingerprint density at radius 3 is 3.07 bits per heavy atom. The number of carbonyl (C=O) groups is 1. The van der Waals surface area contributed by atoms with E-state index >= 15 is 0 Å². The van der Waals surface area contributed by atoms with E-state index in [1.54, 1.807) is 12.1 Å². The van der Waals surface area contributed by atoms with Gasteiger partial charge in [-0.2, -0.15) is 0 Å². The van der Waals surface area contributed by atoms with Gasteiger partial charge in [-0.1, -0.05) is 11.3 Å². The molecule has 0 bridgehead atoms. The number of anilines is 2. The third-order valence-corrected chi connectivity index (χ3v) is 2.24. The molecule has 2 rings (SSSR count). The van der Waals surface area contributed by atoms with Gasteiger partial charge in [-0.25, -0.2) is 4.98 Å². The molecule has 2 heterocycles. The Labute approximate surface area is 89.2 Å². The van der Waals surface area contributed by atoms with Crippen molar-refractivity contribution in [1.82, 2.24) is 15.2 Å². The standard InChI is InChI=1S/C8H7N5OS/c9-5-2-1-3-10-6(5)7(14)12-8-13-11-4-15-8/h1-4H,9H2,(H,12,13,14). The van der Waals surface area contributed by atoms with Crippen LogP contribution >= 0.6 is 11.3 Å². The van der Waals surface area contributed by atoms with E-state index in [0.29, 0.717) is 10.8 Å². The van der Waals surface area contributed by atoms with E-state index in [9.17, 15) is 4.79 Å². The molecular formula is C8H7N5OS. The van der Waals surface area contributed by atoms with Crippen LogP contribution in [0.2, 0.25) is 0 Å². The van der Waals surface area contributed by atoms with Crippen molar-refractivity contribution in [3.05, 3.63) is 29.5 Å². The summed E-state index contributed by atoms with van der Waals surface area (Å²) in [5.74, 6) is -0.384. The Hall–Kier alpha value is -2.02. The summed E-state index contributed by atoms with van der Waals surface area (Å²) in [6, 6.07) is 3.28. The minimum atomic E-state index is -0.384. The van der Waals surface area contributed by atoms with Gasteiger partial charge in [-0.3, -0.25) is 10.1 Å². The van der Waals surface area contributed by atoms with Gasteiger partial charge in [0.15, 0.2) is 5.69 Å². The van der Waals surface area contributed by atoms with Crippen LogP contribution in [-0.2, 0) is 0 Å². The third kappa shape index (κ3) is 2.08. The summed E-state index contributed by atoms with van der Waals surface area (Å²) in [6.45, 7) is 0. The van der Waals surface area contributed by atoms with Crippen molar-refractivity contribution in [2.45, 2.75) is 0 Å². The molecule has 0 atom stereocenters. The Kier molecular flexibility index (Phi) is 2.55. The average Bonchev–Trinajstić information content (AvgIpc) is 2.71. The van der Waals surface area contributed by atoms with E-state index < -0.39 is 0 Å². The molecule has 0 unspecified atom stereocenters. The molecule has 7 heteroatoms. The van der Waals surface area contributed by atoms with Crippen molar-refractivity contribution in [3.8, 4) is 0 Å². The SMILES string of the molecule is Nc1cccnc1C(=O)Nc1nncs1. The van der Waals surface area contributed by atoms with E-state index in [1.165, 1.54) is 23.0 Å². The van der Waals surface area contributed by atoms with Crippen LogP contribution < -0.4 is 11.1 Å². The Morgan fingerprint density at radius 2 is 2.40 bits per heavy atom. The highest BCUT2D eigenvalue weighted by Gasteiger charge is 2.11. The topological polar surface area (TPSA) is 93.8 Å². The van der Waals surface area contributed by atoms with E-state index in [4.69, 9.17) is 5.73 Å². The number of hydrogen-bond donors (Lipinski definition) is 2. The zero-order valence-electron chi connectivity index (χ0n) is 7.54. The lowest BCUT2D eigenvalue weighted by atomic mass is 10.3. The van der Waals surface area contributed by atoms with Crippen LogP contribution in [0.4, 0.5) is 10.8 Å². The molecule has 0 aliphatic carbocycles. The van der Waals surface area contributed by atoms with Gasteiger partial charge < -0.3 is 5.73 Å². The highest BCUT2D eigenvalue weighted by molar-refractivity contribution is 7.13. The Balaban J connectivity index is 2.19. The van der Waals surface area contributed by atoms with Gasteiger partial charge in [-0.15, -0.1) is 10.2 Å². The smallest absolute Gasteiger partial charge is 0.278 e. The van der Waals surface area contributed by atoms with Gasteiger partial charge in [-0.05, 0) is 12.1 Å². The molecule has 0 saturated heterocycles. The fraction of sp³-hybridized carbons (Fsp3) is 0. The summed E-state index contributed by atoms with van der Waals surface area (Å²) in [5, 5.41) is 10.2. The Bertz CT molecular complexity index is 470. The van der Waals surface area contributed by atoms with Crippen LogP contribution in [0.25, 0.3) is 0 Å². The second-order valence-corrected chi connectivity index (χ2v) is 3.47. The first kappa shape index (κ1) is 9.53. The van der Waals surface area contributed by atoms with Gasteiger partial charge in [0.25, 0.3) is 5.91 Å². The number of nitrogen functional groups attached to an aromatic ring is 1. The van der Waals surface area contributed by atoms with Crippen molar-refractivity contribution in [2.75, 3.05) is 11.1 Å². The van der Waals surface area contributed by atoms with E-state index in [1.807, 2.05) is 0 Å². The maximum Gasteiger partial charge on any atom is 0.278 e. The molecule has 0 aliphatic rings. The van der Waals surface area contributed by atoms with Gasteiger partial charge in [0.05, 0.1) is 5.69 Å². The molecule has 2 aromatic rings. The molecule has 0 aromatic carbocycles. The number of nitrogens with zero attached hydrogens (tertiary/aromatic N) is 3. The molecule has 15 heavy (non-hydrogen) atoms. The number of carbonyl (C=O) groups excluding carboxylic acids is 1. The first-order chi connectivity index (χ1) is 7.27. The van der Waals surface area contributed by atoms with Gasteiger partial charge in [0.1, 0.15) is 5.51 Å². The first-order valence-corrected chi connectivity index (χ1v) is 4.93. The number of rotatable bonds is 2. The van der Waals surface area contributed by atoms with Crippen LogP contribution in [0.1, 0.15) is 10.5 Å². The number of pyridine rings is 1. The molecule has 1 amide bonds. The van der Waals surface area contributed by atoms with Crippen LogP contribution in [-0.4, -0.2) is 21.1 Å². The minimum Gasteiger partial charge on any atom is -0.397 e. The monoisotopic (exact) mass is 221 g/mol. The van der Waals surface area contributed by atoms with Crippen LogP contribution in [0.3, 0.4) is 0 Å². The van der Waals surface area contributed by atoms with Gasteiger partial charge in [0.2, 0.25) is 5.13 Å². The predicted octanol–water partition coefficient (Wildman–Crippen LogP) is 0.768. The van der Waals surface area contributed by atoms with Crippen LogP contribution in [0.15, 0.2) is 23.8 Å². The third-order valence-electron chi connectivity index (χ3n) is 1.63. The zero-order valence-corrected chi connectivity index (χ0v) is 8.36. The number of nitrogens with one attached hydrogen (secondary N) is 1. The molecule has 0 aliphatic heterocycles. The quantitative estimate of drug-likeness (QED) is 0.781. The lowest BCUT2D eigenvalue weighted by molar-refractivity contribution is 0.102. The molecule has 6 nitrogen and oxygen atoms in total. The molecule has 0 saturated carbocycles. The lowest BCUT2D eigenvalue weighted by Gasteiger charge is -2.02. The second kappa shape index (κ2) is 4.01. The first-order valence-electron chi connectivity index (χ1n) is 4.05. The molecule has 3 N–H and O–H groups in total. The number of nitrogens with two attached hydrogens (primary N) is 1. The summed E-state index contributed by atoms with van der Waals surface area (Å²) in [4.78, 5) is 15.5. The summed E-state index contributed by atoms with van der Waals surface area (Å²) in [5.41, 5.74) is 7.64. The highest BCUT2D eigenvalue weighted by atomic mass is 32.1. The summed E-state index contributed by atoms with van der Waals surface area (Å²) in [6.07, 6.45) is 1.51. The molecule has 0 spiro atoms. The van der Waals surface area contributed by atoms with Gasteiger partial charge in [0, 0.05) is 6.20 Å². The number of amides is 1. The zero-order chi connectivity index (χ0) is 10.7. The Morgan fingerprint density at radius 1 is 1.53 bits per heavy atom. The van der Waals surface area contributed by atoms with E-state index in [2.05, 4.69) is 20.5 Å².